The van der Waals surface area contributed by atoms with Gasteiger partial charge in [0, 0.05) is 24.6 Å². The fourth-order valence-corrected chi connectivity index (χ4v) is 4.84. The first kappa shape index (κ1) is 15.5. The Bertz CT molecular complexity index is 327. The topological polar surface area (TPSA) is 32.7 Å². The molecule has 0 aliphatic carbocycles. The quantitative estimate of drug-likeness (QED) is 0.809. The zero-order chi connectivity index (χ0) is 14.4. The van der Waals surface area contributed by atoms with Crippen molar-refractivity contribution >= 4 is 8.32 Å². The summed E-state index contributed by atoms with van der Waals surface area (Å²) in [4.78, 5) is 2.48. The Morgan fingerprint density at radius 2 is 1.89 bits per heavy atom. The SMILES string of the molecule is CN1[C@H]2CC[C@@H]1[C@@H](CO)[C@@H](O[Si](C)(C)C(C)(C)C)C2. The van der Waals surface area contributed by atoms with Crippen LogP contribution in [0.5, 0.6) is 0 Å². The van der Waals surface area contributed by atoms with E-state index in [2.05, 4.69) is 45.8 Å². The highest BCUT2D eigenvalue weighted by molar-refractivity contribution is 6.74. The Kier molecular flexibility index (Phi) is 4.18. The summed E-state index contributed by atoms with van der Waals surface area (Å²) in [6, 6.07) is 1.20. The van der Waals surface area contributed by atoms with Crippen molar-refractivity contribution in [2.75, 3.05) is 13.7 Å². The van der Waals surface area contributed by atoms with Crippen molar-refractivity contribution < 1.29 is 9.53 Å². The molecular formula is C15H31NO2Si. The van der Waals surface area contributed by atoms with Crippen LogP contribution in [0.15, 0.2) is 0 Å². The molecule has 0 aromatic rings. The highest BCUT2D eigenvalue weighted by Crippen LogP contribution is 2.44. The van der Waals surface area contributed by atoms with Gasteiger partial charge in [0.15, 0.2) is 8.32 Å². The summed E-state index contributed by atoms with van der Waals surface area (Å²) < 4.78 is 6.63. The van der Waals surface area contributed by atoms with Crippen LogP contribution in [-0.2, 0) is 4.43 Å². The van der Waals surface area contributed by atoms with Crippen LogP contribution in [0.1, 0.15) is 40.0 Å². The van der Waals surface area contributed by atoms with Crippen molar-refractivity contribution in [1.29, 1.82) is 0 Å². The molecule has 4 atom stereocenters. The monoisotopic (exact) mass is 285 g/mol. The molecular weight excluding hydrogens is 254 g/mol. The Hall–Kier alpha value is 0.0969. The van der Waals surface area contributed by atoms with Crippen LogP contribution in [-0.4, -0.2) is 50.2 Å². The largest absolute Gasteiger partial charge is 0.413 e. The number of rotatable bonds is 3. The van der Waals surface area contributed by atoms with E-state index in [1.54, 1.807) is 0 Å². The lowest BCUT2D eigenvalue weighted by atomic mass is 9.88. The fourth-order valence-electron chi connectivity index (χ4n) is 3.46. The fraction of sp³-hybridized carbons (Fsp3) is 1.00. The Morgan fingerprint density at radius 1 is 1.26 bits per heavy atom. The van der Waals surface area contributed by atoms with Crippen LogP contribution >= 0.6 is 0 Å². The second-order valence-corrected chi connectivity index (χ2v) is 12.7. The molecule has 0 radical (unpaired) electrons. The summed E-state index contributed by atoms with van der Waals surface area (Å²) in [5.41, 5.74) is 0. The molecule has 0 aromatic heterocycles. The van der Waals surface area contributed by atoms with Crippen LogP contribution in [0.3, 0.4) is 0 Å². The molecule has 0 amide bonds. The third-order valence-electron chi connectivity index (χ3n) is 5.83. The van der Waals surface area contributed by atoms with Gasteiger partial charge in [0.2, 0.25) is 0 Å². The molecule has 2 saturated heterocycles. The average molecular weight is 286 g/mol. The Balaban J connectivity index is 2.12. The second kappa shape index (κ2) is 5.13. The van der Waals surface area contributed by atoms with Crippen molar-refractivity contribution in [2.24, 2.45) is 5.92 Å². The van der Waals surface area contributed by atoms with Crippen molar-refractivity contribution in [2.45, 2.75) is 76.4 Å². The summed E-state index contributed by atoms with van der Waals surface area (Å²) in [6.07, 6.45) is 3.86. The van der Waals surface area contributed by atoms with Gasteiger partial charge in [0.1, 0.15) is 0 Å². The van der Waals surface area contributed by atoms with Gasteiger partial charge in [-0.05, 0) is 44.4 Å². The number of hydrogen-bond acceptors (Lipinski definition) is 3. The molecule has 0 aromatic carbocycles. The first-order valence-corrected chi connectivity index (χ1v) is 10.6. The van der Waals surface area contributed by atoms with Gasteiger partial charge in [-0.3, -0.25) is 4.90 Å². The number of piperidine rings is 1. The lowest BCUT2D eigenvalue weighted by Crippen LogP contribution is -2.55. The number of nitrogens with zero attached hydrogens (tertiary/aromatic N) is 1. The molecule has 3 nitrogen and oxygen atoms in total. The number of aliphatic hydroxyl groups is 1. The van der Waals surface area contributed by atoms with Crippen LogP contribution in [0.4, 0.5) is 0 Å². The summed E-state index contributed by atoms with van der Waals surface area (Å²) in [7, 11) is 0.482. The predicted molar refractivity (Wildman–Crippen MR) is 81.8 cm³/mol. The van der Waals surface area contributed by atoms with Crippen LogP contribution in [0.2, 0.25) is 18.1 Å². The zero-order valence-electron chi connectivity index (χ0n) is 13.4. The molecule has 0 saturated carbocycles. The third kappa shape index (κ3) is 2.78. The zero-order valence-corrected chi connectivity index (χ0v) is 14.4. The first-order valence-electron chi connectivity index (χ1n) is 7.68. The maximum Gasteiger partial charge on any atom is 0.192 e. The van der Waals surface area contributed by atoms with Crippen LogP contribution in [0, 0.1) is 5.92 Å². The van der Waals surface area contributed by atoms with Gasteiger partial charge >= 0.3 is 0 Å². The Morgan fingerprint density at radius 3 is 2.42 bits per heavy atom. The smallest absolute Gasteiger partial charge is 0.192 e. The molecule has 2 heterocycles. The number of fused-ring (bicyclic) bond motifs is 2. The molecule has 112 valence electrons. The van der Waals surface area contributed by atoms with Crippen LogP contribution in [0.25, 0.3) is 0 Å². The standard InChI is InChI=1S/C15H31NO2Si/c1-15(2,3)19(5,6)18-14-9-11-7-8-13(16(11)4)12(14)10-17/h11-14,17H,7-10H2,1-6H3/t11-,12+,13+,14-/m0/s1. The molecule has 1 N–H and O–H groups in total. The van der Waals surface area contributed by atoms with E-state index in [1.807, 2.05) is 0 Å². The molecule has 2 aliphatic rings. The summed E-state index contributed by atoms with van der Waals surface area (Å²) in [6.45, 7) is 11.8. The first-order chi connectivity index (χ1) is 8.67. The minimum absolute atomic E-state index is 0.245. The number of hydrogen-bond donors (Lipinski definition) is 1. The maximum absolute atomic E-state index is 9.81. The normalized spacial score (nSPS) is 36.8. The van der Waals surface area contributed by atoms with Gasteiger partial charge in [-0.2, -0.15) is 0 Å². The van der Waals surface area contributed by atoms with Crippen molar-refractivity contribution in [3.63, 3.8) is 0 Å². The van der Waals surface area contributed by atoms with Gasteiger partial charge in [0.05, 0.1) is 6.10 Å². The van der Waals surface area contributed by atoms with E-state index in [1.165, 1.54) is 12.8 Å². The van der Waals surface area contributed by atoms with Gasteiger partial charge in [0.25, 0.3) is 0 Å². The minimum Gasteiger partial charge on any atom is -0.413 e. The maximum atomic E-state index is 9.81. The number of aliphatic hydroxyl groups excluding tert-OH is 1. The molecule has 2 fully saturated rings. The summed E-state index contributed by atoms with van der Waals surface area (Å²) >= 11 is 0. The minimum atomic E-state index is -1.73. The average Bonchev–Trinajstić information content (AvgIpc) is 2.54. The van der Waals surface area contributed by atoms with E-state index in [0.29, 0.717) is 18.0 Å². The Labute approximate surface area is 119 Å². The van der Waals surface area contributed by atoms with Gasteiger partial charge in [-0.25, -0.2) is 0 Å². The van der Waals surface area contributed by atoms with E-state index in [-0.39, 0.29) is 17.7 Å². The second-order valence-electron chi connectivity index (χ2n) is 7.96. The van der Waals surface area contributed by atoms with E-state index >= 15 is 0 Å². The molecule has 2 bridgehead atoms. The van der Waals surface area contributed by atoms with Crippen molar-refractivity contribution in [3.8, 4) is 0 Å². The molecule has 19 heavy (non-hydrogen) atoms. The molecule has 2 aliphatic heterocycles. The van der Waals surface area contributed by atoms with Crippen LogP contribution < -0.4 is 0 Å². The van der Waals surface area contributed by atoms with E-state index in [0.717, 1.165) is 6.42 Å². The lowest BCUT2D eigenvalue weighted by molar-refractivity contribution is -0.0232. The molecule has 0 spiro atoms. The summed E-state index contributed by atoms with van der Waals surface area (Å²) in [5.74, 6) is 0.304. The van der Waals surface area contributed by atoms with E-state index in [9.17, 15) is 5.11 Å². The third-order valence-corrected chi connectivity index (χ3v) is 10.3. The summed E-state index contributed by atoms with van der Waals surface area (Å²) in [5, 5.41) is 10.1. The molecule has 2 rings (SSSR count). The van der Waals surface area contributed by atoms with Gasteiger partial charge in [-0.1, -0.05) is 20.8 Å². The van der Waals surface area contributed by atoms with Gasteiger partial charge < -0.3 is 9.53 Å². The highest BCUT2D eigenvalue weighted by atomic mass is 28.4. The van der Waals surface area contributed by atoms with Crippen molar-refractivity contribution in [1.82, 2.24) is 4.90 Å². The van der Waals surface area contributed by atoms with Gasteiger partial charge in [-0.15, -0.1) is 0 Å². The highest BCUT2D eigenvalue weighted by Gasteiger charge is 2.49. The van der Waals surface area contributed by atoms with E-state index in [4.69, 9.17) is 4.43 Å². The van der Waals surface area contributed by atoms with E-state index < -0.39 is 8.32 Å². The molecule has 4 heteroatoms. The van der Waals surface area contributed by atoms with Crippen molar-refractivity contribution in [3.05, 3.63) is 0 Å². The molecule has 0 unspecified atom stereocenters. The predicted octanol–water partition coefficient (Wildman–Crippen LogP) is 2.85. The lowest BCUT2D eigenvalue weighted by Gasteiger charge is -2.47.